The number of thiazole rings is 1. The molecule has 1 N–H and O–H groups in total. The van der Waals surface area contributed by atoms with Crippen molar-refractivity contribution in [3.8, 4) is 22.9 Å². The molecular weight excluding hydrogens is 515 g/mol. The minimum Gasteiger partial charge on any atom is -0.496 e. The van der Waals surface area contributed by atoms with Gasteiger partial charge in [-0.2, -0.15) is 13.2 Å². The molecule has 7 nitrogen and oxygen atoms in total. The fourth-order valence-corrected chi connectivity index (χ4v) is 5.15. The fraction of sp³-hybridized carbons (Fsp3) is 0.500. The molecule has 4 rings (SSSR count). The fourth-order valence-electron chi connectivity index (χ4n) is 4.03. The number of hydrogen-bond acceptors (Lipinski definition) is 8. The van der Waals surface area contributed by atoms with Crippen LogP contribution in [0, 0.1) is 0 Å². The average molecular weight is 544 g/mol. The first kappa shape index (κ1) is 26.7. The largest absolute Gasteiger partial charge is 0.496 e. The lowest BCUT2D eigenvalue weighted by atomic mass is 10.1. The lowest BCUT2D eigenvalue weighted by Crippen LogP contribution is -2.49. The Hall–Kier alpha value is -2.34. The molecule has 12 heteroatoms. The number of alkyl halides is 3. The predicted molar refractivity (Wildman–Crippen MR) is 138 cm³/mol. The van der Waals surface area contributed by atoms with Gasteiger partial charge >= 0.3 is 6.18 Å². The second-order valence-corrected chi connectivity index (χ2v) is 10.1. The Balaban J connectivity index is 1.44. The maximum absolute atomic E-state index is 12.6. The molecule has 1 aliphatic rings. The standard InChI is InChI=1S/C24H29ClF3N5O2S/c1-15(2)29-23-31-18(13-36-23)17-12-20(34-3)16-4-5-19(21(25)22(16)30-17)35-11-10-32-6-8-33(9-7-32)14-24(26,27)28/h4-5,12-13,15H,6-11,14H2,1-3H3,(H,29,31). The summed E-state index contributed by atoms with van der Waals surface area (Å²) in [5.74, 6) is 1.12. The molecule has 1 fully saturated rings. The third-order valence-electron chi connectivity index (χ3n) is 5.78. The van der Waals surface area contributed by atoms with E-state index < -0.39 is 12.7 Å². The Morgan fingerprint density at radius 3 is 2.47 bits per heavy atom. The van der Waals surface area contributed by atoms with Gasteiger partial charge < -0.3 is 14.8 Å². The van der Waals surface area contributed by atoms with Crippen LogP contribution < -0.4 is 14.8 Å². The van der Waals surface area contributed by atoms with E-state index in [-0.39, 0.29) is 6.04 Å². The van der Waals surface area contributed by atoms with Gasteiger partial charge in [-0.3, -0.25) is 9.80 Å². The van der Waals surface area contributed by atoms with Crippen molar-refractivity contribution in [2.45, 2.75) is 26.1 Å². The molecule has 3 heterocycles. The van der Waals surface area contributed by atoms with Crippen molar-refractivity contribution in [2.75, 3.05) is 58.3 Å². The van der Waals surface area contributed by atoms with Crippen LogP contribution in [0.3, 0.4) is 0 Å². The molecule has 36 heavy (non-hydrogen) atoms. The second-order valence-electron chi connectivity index (χ2n) is 8.90. The van der Waals surface area contributed by atoms with Crippen LogP contribution in [0.4, 0.5) is 18.3 Å². The first-order valence-corrected chi connectivity index (χ1v) is 12.9. The van der Waals surface area contributed by atoms with E-state index in [1.807, 2.05) is 31.4 Å². The van der Waals surface area contributed by atoms with Gasteiger partial charge in [-0.25, -0.2) is 9.97 Å². The topological polar surface area (TPSA) is 62.8 Å². The third kappa shape index (κ3) is 6.70. The maximum Gasteiger partial charge on any atom is 0.401 e. The van der Waals surface area contributed by atoms with E-state index >= 15 is 0 Å². The van der Waals surface area contributed by atoms with Crippen molar-refractivity contribution in [3.63, 3.8) is 0 Å². The number of anilines is 1. The number of nitrogens with one attached hydrogen (secondary N) is 1. The highest BCUT2D eigenvalue weighted by Crippen LogP contribution is 2.38. The van der Waals surface area contributed by atoms with E-state index in [0.717, 1.165) is 16.2 Å². The number of benzene rings is 1. The molecule has 0 spiro atoms. The number of ether oxygens (including phenoxy) is 2. The van der Waals surface area contributed by atoms with Gasteiger partial charge in [-0.05, 0) is 26.0 Å². The zero-order valence-corrected chi connectivity index (χ0v) is 21.9. The van der Waals surface area contributed by atoms with Crippen molar-refractivity contribution >= 4 is 39.0 Å². The van der Waals surface area contributed by atoms with Gasteiger partial charge in [0.25, 0.3) is 0 Å². The molecule has 1 aliphatic heterocycles. The van der Waals surface area contributed by atoms with E-state index in [1.54, 1.807) is 13.2 Å². The summed E-state index contributed by atoms with van der Waals surface area (Å²) in [6.07, 6.45) is -4.17. The van der Waals surface area contributed by atoms with Gasteiger partial charge in [-0.15, -0.1) is 11.3 Å². The maximum atomic E-state index is 12.6. The lowest BCUT2D eigenvalue weighted by molar-refractivity contribution is -0.149. The minimum absolute atomic E-state index is 0.265. The average Bonchev–Trinajstić information content (AvgIpc) is 3.28. The van der Waals surface area contributed by atoms with Gasteiger partial charge in [0.2, 0.25) is 0 Å². The number of hydrogen-bond donors (Lipinski definition) is 1. The van der Waals surface area contributed by atoms with Gasteiger partial charge in [0.15, 0.2) is 5.13 Å². The molecule has 0 saturated carbocycles. The number of piperazine rings is 1. The minimum atomic E-state index is -4.17. The first-order valence-electron chi connectivity index (χ1n) is 11.7. The number of pyridine rings is 1. The number of aromatic nitrogens is 2. The monoisotopic (exact) mass is 543 g/mol. The van der Waals surface area contributed by atoms with E-state index in [4.69, 9.17) is 26.1 Å². The molecule has 1 aromatic carbocycles. The molecule has 2 aromatic heterocycles. The first-order chi connectivity index (χ1) is 17.1. The Bertz CT molecular complexity index is 1180. The Morgan fingerprint density at radius 2 is 1.81 bits per heavy atom. The summed E-state index contributed by atoms with van der Waals surface area (Å²) < 4.78 is 49.3. The smallest absolute Gasteiger partial charge is 0.401 e. The van der Waals surface area contributed by atoms with Crippen LogP contribution in [-0.2, 0) is 0 Å². The summed E-state index contributed by atoms with van der Waals surface area (Å²) in [7, 11) is 1.60. The summed E-state index contributed by atoms with van der Waals surface area (Å²) >= 11 is 8.21. The Kier molecular flexibility index (Phi) is 8.44. The van der Waals surface area contributed by atoms with E-state index in [9.17, 15) is 13.2 Å². The van der Waals surface area contributed by atoms with Gasteiger partial charge in [0.05, 0.1) is 24.9 Å². The summed E-state index contributed by atoms with van der Waals surface area (Å²) in [5, 5.41) is 7.16. The molecule has 0 unspecified atom stereocenters. The highest BCUT2D eigenvalue weighted by atomic mass is 35.5. The third-order valence-corrected chi connectivity index (χ3v) is 6.92. The van der Waals surface area contributed by atoms with E-state index in [2.05, 4.69) is 15.2 Å². The lowest BCUT2D eigenvalue weighted by Gasteiger charge is -2.34. The van der Waals surface area contributed by atoms with Crippen LogP contribution in [0.2, 0.25) is 5.02 Å². The molecule has 0 radical (unpaired) electrons. The number of rotatable bonds is 9. The summed E-state index contributed by atoms with van der Waals surface area (Å²) in [5.41, 5.74) is 1.91. The van der Waals surface area contributed by atoms with Gasteiger partial charge in [-0.1, -0.05) is 11.6 Å². The van der Waals surface area contributed by atoms with Crippen molar-refractivity contribution in [1.82, 2.24) is 19.8 Å². The van der Waals surface area contributed by atoms with E-state index in [0.29, 0.717) is 67.1 Å². The zero-order valence-electron chi connectivity index (χ0n) is 20.4. The van der Waals surface area contributed by atoms with Gasteiger partial charge in [0, 0.05) is 55.6 Å². The number of nitrogens with zero attached hydrogens (tertiary/aromatic N) is 4. The van der Waals surface area contributed by atoms with Crippen LogP contribution >= 0.6 is 22.9 Å². The van der Waals surface area contributed by atoms with Crippen molar-refractivity contribution in [1.29, 1.82) is 0 Å². The van der Waals surface area contributed by atoms with Crippen molar-refractivity contribution < 1.29 is 22.6 Å². The van der Waals surface area contributed by atoms with Crippen molar-refractivity contribution in [3.05, 3.63) is 28.6 Å². The number of halogens is 4. The molecule has 3 aromatic rings. The predicted octanol–water partition coefficient (Wildman–Crippen LogP) is 5.40. The van der Waals surface area contributed by atoms with Crippen molar-refractivity contribution in [2.24, 2.45) is 0 Å². The second kappa shape index (κ2) is 11.4. The molecule has 0 amide bonds. The van der Waals surface area contributed by atoms with Crippen LogP contribution in [-0.4, -0.2) is 85.0 Å². The molecule has 1 saturated heterocycles. The van der Waals surface area contributed by atoms with Gasteiger partial charge in [0.1, 0.15) is 28.8 Å². The van der Waals surface area contributed by atoms with Crippen LogP contribution in [0.5, 0.6) is 11.5 Å². The van der Waals surface area contributed by atoms with E-state index in [1.165, 1.54) is 16.2 Å². The van der Waals surface area contributed by atoms with Crippen LogP contribution in [0.15, 0.2) is 23.6 Å². The SMILES string of the molecule is COc1cc(-c2csc(NC(C)C)n2)nc2c(Cl)c(OCCN3CCN(CC(F)(F)F)CC3)ccc12. The molecule has 196 valence electrons. The summed E-state index contributed by atoms with van der Waals surface area (Å²) in [6.45, 7) is 6.08. The molecule has 0 bridgehead atoms. The highest BCUT2D eigenvalue weighted by Gasteiger charge is 2.32. The van der Waals surface area contributed by atoms with Crippen LogP contribution in [0.1, 0.15) is 13.8 Å². The van der Waals surface area contributed by atoms with Crippen LogP contribution in [0.25, 0.3) is 22.3 Å². The molecule has 0 atom stereocenters. The highest BCUT2D eigenvalue weighted by molar-refractivity contribution is 7.14. The normalized spacial score (nSPS) is 15.6. The Morgan fingerprint density at radius 1 is 1.08 bits per heavy atom. The molecular formula is C24H29ClF3N5O2S. The quantitative estimate of drug-likeness (QED) is 0.388. The number of methoxy groups -OCH3 is 1. The summed E-state index contributed by atoms with van der Waals surface area (Å²) in [4.78, 5) is 12.9. The Labute approximate surface area is 217 Å². The zero-order chi connectivity index (χ0) is 25.9. The number of fused-ring (bicyclic) bond motifs is 1. The summed E-state index contributed by atoms with van der Waals surface area (Å²) in [6, 6.07) is 5.74. The molecule has 0 aliphatic carbocycles.